The van der Waals surface area contributed by atoms with Crippen molar-refractivity contribution in [2.24, 2.45) is 0 Å². The van der Waals surface area contributed by atoms with Crippen LogP contribution in [0.2, 0.25) is 10.0 Å². The third-order valence-electron chi connectivity index (χ3n) is 2.75. The van der Waals surface area contributed by atoms with E-state index in [9.17, 15) is 9.90 Å². The van der Waals surface area contributed by atoms with Crippen molar-refractivity contribution in [3.05, 3.63) is 57.6 Å². The molecule has 0 aliphatic rings. The lowest BCUT2D eigenvalue weighted by Gasteiger charge is -2.11. The van der Waals surface area contributed by atoms with Gasteiger partial charge in [-0.15, -0.1) is 0 Å². The molecule has 0 saturated heterocycles. The molecule has 0 fully saturated rings. The van der Waals surface area contributed by atoms with E-state index in [0.29, 0.717) is 15.7 Å². The second kappa shape index (κ2) is 6.96. The van der Waals surface area contributed by atoms with Crippen LogP contribution in [0.3, 0.4) is 0 Å². The van der Waals surface area contributed by atoms with Crippen LogP contribution in [-0.2, 0) is 0 Å². The number of amides is 1. The predicted molar refractivity (Wildman–Crippen MR) is 93.0 cm³/mol. The lowest BCUT2D eigenvalue weighted by Crippen LogP contribution is -2.34. The smallest absolute Gasteiger partial charge is 0.257 e. The van der Waals surface area contributed by atoms with E-state index in [1.165, 1.54) is 18.2 Å². The summed E-state index contributed by atoms with van der Waals surface area (Å²) in [4.78, 5) is 12.1. The molecule has 0 saturated carbocycles. The van der Waals surface area contributed by atoms with Crippen molar-refractivity contribution in [3.63, 3.8) is 0 Å². The fourth-order valence-electron chi connectivity index (χ4n) is 1.76. The van der Waals surface area contributed by atoms with Gasteiger partial charge in [-0.3, -0.25) is 10.1 Å². The van der Waals surface area contributed by atoms with Gasteiger partial charge < -0.3 is 10.4 Å². The van der Waals surface area contributed by atoms with Crippen LogP contribution in [0.1, 0.15) is 15.9 Å². The van der Waals surface area contributed by atoms with Gasteiger partial charge >= 0.3 is 0 Å². The van der Waals surface area contributed by atoms with Crippen LogP contribution >= 0.6 is 35.4 Å². The summed E-state index contributed by atoms with van der Waals surface area (Å²) in [6.45, 7) is 1.88. The van der Waals surface area contributed by atoms with E-state index in [2.05, 4.69) is 10.6 Å². The molecule has 3 N–H and O–H groups in total. The summed E-state index contributed by atoms with van der Waals surface area (Å²) < 4.78 is 0. The van der Waals surface area contributed by atoms with Crippen LogP contribution in [0.15, 0.2) is 36.4 Å². The van der Waals surface area contributed by atoms with E-state index in [1.807, 2.05) is 6.92 Å². The van der Waals surface area contributed by atoms with Crippen LogP contribution in [-0.4, -0.2) is 16.1 Å². The van der Waals surface area contributed by atoms with Crippen LogP contribution in [0.5, 0.6) is 5.75 Å². The van der Waals surface area contributed by atoms with Gasteiger partial charge in [-0.05, 0) is 55.0 Å². The summed E-state index contributed by atoms with van der Waals surface area (Å²) in [7, 11) is 0. The van der Waals surface area contributed by atoms with E-state index >= 15 is 0 Å². The molecule has 0 radical (unpaired) electrons. The number of carbonyl (C=O) groups is 1. The largest absolute Gasteiger partial charge is 0.506 e. The number of rotatable bonds is 2. The first-order valence-electron chi connectivity index (χ1n) is 6.23. The molecule has 0 unspecified atom stereocenters. The van der Waals surface area contributed by atoms with Gasteiger partial charge in [-0.1, -0.05) is 29.3 Å². The number of anilines is 1. The number of aryl methyl sites for hydroxylation is 1. The standard InChI is InChI=1S/C15H12Cl2N2O2S/c1-8-2-3-13(20)12(4-8)18-15(22)19-14(21)9-5-10(16)7-11(17)6-9/h2-7,20H,1H3,(H2,18,19,21,22). The minimum atomic E-state index is -0.450. The summed E-state index contributed by atoms with van der Waals surface area (Å²) in [5, 5.41) is 15.8. The van der Waals surface area contributed by atoms with Crippen molar-refractivity contribution in [2.75, 3.05) is 5.32 Å². The Labute approximate surface area is 143 Å². The van der Waals surface area contributed by atoms with Crippen molar-refractivity contribution in [3.8, 4) is 5.75 Å². The van der Waals surface area contributed by atoms with E-state index in [0.717, 1.165) is 5.56 Å². The highest BCUT2D eigenvalue weighted by Gasteiger charge is 2.11. The normalized spacial score (nSPS) is 10.1. The number of benzene rings is 2. The number of hydrogen-bond acceptors (Lipinski definition) is 3. The molecule has 114 valence electrons. The van der Waals surface area contributed by atoms with Gasteiger partial charge in [-0.2, -0.15) is 0 Å². The van der Waals surface area contributed by atoms with Crippen molar-refractivity contribution in [1.82, 2.24) is 5.32 Å². The molecule has 0 aromatic heterocycles. The quantitative estimate of drug-likeness (QED) is 0.560. The Hall–Kier alpha value is -1.82. The summed E-state index contributed by atoms with van der Waals surface area (Å²) in [5.74, 6) is -0.415. The molecule has 1 amide bonds. The zero-order valence-corrected chi connectivity index (χ0v) is 13.8. The van der Waals surface area contributed by atoms with Crippen molar-refractivity contribution >= 4 is 52.1 Å². The molecule has 0 spiro atoms. The van der Waals surface area contributed by atoms with Crippen molar-refractivity contribution in [2.45, 2.75) is 6.92 Å². The first kappa shape index (κ1) is 16.5. The second-order valence-electron chi connectivity index (χ2n) is 4.59. The number of halogens is 2. The van der Waals surface area contributed by atoms with E-state index < -0.39 is 5.91 Å². The number of carbonyl (C=O) groups excluding carboxylic acids is 1. The van der Waals surface area contributed by atoms with Gasteiger partial charge in [0.25, 0.3) is 5.91 Å². The molecular weight excluding hydrogens is 343 g/mol. The van der Waals surface area contributed by atoms with Crippen molar-refractivity contribution < 1.29 is 9.90 Å². The molecule has 0 bridgehead atoms. The monoisotopic (exact) mass is 354 g/mol. The maximum atomic E-state index is 12.1. The van der Waals surface area contributed by atoms with Crippen LogP contribution in [0.4, 0.5) is 5.69 Å². The highest BCUT2D eigenvalue weighted by molar-refractivity contribution is 7.80. The third-order valence-corrected chi connectivity index (χ3v) is 3.39. The molecule has 7 heteroatoms. The highest BCUT2D eigenvalue weighted by Crippen LogP contribution is 2.24. The molecule has 2 aromatic rings. The van der Waals surface area contributed by atoms with Gasteiger partial charge in [0, 0.05) is 15.6 Å². The minimum Gasteiger partial charge on any atom is -0.506 e. The molecule has 22 heavy (non-hydrogen) atoms. The molecule has 0 aliphatic heterocycles. The average Bonchev–Trinajstić information content (AvgIpc) is 2.41. The number of aromatic hydroxyl groups is 1. The fourth-order valence-corrected chi connectivity index (χ4v) is 2.49. The van der Waals surface area contributed by atoms with Crippen molar-refractivity contribution in [1.29, 1.82) is 0 Å². The molecule has 0 aliphatic carbocycles. The Morgan fingerprint density at radius 1 is 1.14 bits per heavy atom. The second-order valence-corrected chi connectivity index (χ2v) is 5.87. The van der Waals surface area contributed by atoms with Gasteiger partial charge in [-0.25, -0.2) is 0 Å². The van der Waals surface area contributed by atoms with Gasteiger partial charge in [0.15, 0.2) is 5.11 Å². The number of thiocarbonyl (C=S) groups is 1. The molecular formula is C15H12Cl2N2O2S. The Kier molecular flexibility index (Phi) is 5.24. The SMILES string of the molecule is Cc1ccc(O)c(NC(=S)NC(=O)c2cc(Cl)cc(Cl)c2)c1. The zero-order valence-electron chi connectivity index (χ0n) is 11.5. The molecule has 0 atom stereocenters. The van der Waals surface area contributed by atoms with Crippen LogP contribution in [0.25, 0.3) is 0 Å². The number of phenolic OH excluding ortho intramolecular Hbond substituents is 1. The molecule has 2 rings (SSSR count). The summed E-state index contributed by atoms with van der Waals surface area (Å²) in [6, 6.07) is 9.51. The van der Waals surface area contributed by atoms with Gasteiger partial charge in [0.05, 0.1) is 5.69 Å². The third kappa shape index (κ3) is 4.34. The van der Waals surface area contributed by atoms with Crippen LogP contribution < -0.4 is 10.6 Å². The lowest BCUT2D eigenvalue weighted by molar-refractivity contribution is 0.0977. The van der Waals surface area contributed by atoms with E-state index in [1.54, 1.807) is 18.2 Å². The lowest BCUT2D eigenvalue weighted by atomic mass is 10.2. The fraction of sp³-hybridized carbons (Fsp3) is 0.0667. The number of hydrogen-bond donors (Lipinski definition) is 3. The maximum Gasteiger partial charge on any atom is 0.257 e. The Balaban J connectivity index is 2.08. The Morgan fingerprint density at radius 3 is 2.41 bits per heavy atom. The van der Waals surface area contributed by atoms with Gasteiger partial charge in [0.1, 0.15) is 5.75 Å². The average molecular weight is 355 g/mol. The number of phenols is 1. The van der Waals surface area contributed by atoms with Crippen LogP contribution in [0, 0.1) is 6.92 Å². The maximum absolute atomic E-state index is 12.1. The molecule has 0 heterocycles. The highest BCUT2D eigenvalue weighted by atomic mass is 35.5. The Bertz CT molecular complexity index is 730. The van der Waals surface area contributed by atoms with E-state index in [-0.39, 0.29) is 16.4 Å². The summed E-state index contributed by atoms with van der Waals surface area (Å²) in [5.41, 5.74) is 1.64. The minimum absolute atomic E-state index is 0.0352. The topological polar surface area (TPSA) is 61.4 Å². The zero-order chi connectivity index (χ0) is 16.3. The molecule has 2 aromatic carbocycles. The first-order chi connectivity index (χ1) is 10.3. The van der Waals surface area contributed by atoms with E-state index in [4.69, 9.17) is 35.4 Å². The first-order valence-corrected chi connectivity index (χ1v) is 7.39. The predicted octanol–water partition coefficient (Wildman–Crippen LogP) is 4.13. The Morgan fingerprint density at radius 2 is 1.77 bits per heavy atom. The number of nitrogens with one attached hydrogen (secondary N) is 2. The summed E-state index contributed by atoms with van der Waals surface area (Å²) in [6.07, 6.45) is 0. The van der Waals surface area contributed by atoms with Gasteiger partial charge in [0.2, 0.25) is 0 Å². The molecule has 4 nitrogen and oxygen atoms in total. The summed E-state index contributed by atoms with van der Waals surface area (Å²) >= 11 is 16.8.